The molecule has 1 fully saturated rings. The molecular weight excluding hydrogens is 412 g/mol. The first kappa shape index (κ1) is 17.5. The number of carbonyl (C=O) groups is 1. The van der Waals surface area contributed by atoms with Crippen LogP contribution in [0.3, 0.4) is 0 Å². The number of nitrogens with one attached hydrogen (secondary N) is 1. The van der Waals surface area contributed by atoms with Gasteiger partial charge in [-0.1, -0.05) is 28.1 Å². The fourth-order valence-corrected chi connectivity index (χ4v) is 3.59. The van der Waals surface area contributed by atoms with E-state index >= 15 is 0 Å². The summed E-state index contributed by atoms with van der Waals surface area (Å²) in [4.78, 5) is 21.8. The van der Waals surface area contributed by atoms with Crippen molar-refractivity contribution in [2.24, 2.45) is 0 Å². The van der Waals surface area contributed by atoms with Crippen molar-refractivity contribution in [1.82, 2.24) is 14.9 Å². The number of rotatable bonds is 3. The lowest BCUT2D eigenvalue weighted by Gasteiger charge is -2.17. The van der Waals surface area contributed by atoms with Crippen molar-refractivity contribution in [2.45, 2.75) is 12.5 Å². The molecule has 0 aliphatic carbocycles. The minimum atomic E-state index is -0.911. The van der Waals surface area contributed by atoms with Crippen LogP contribution < -0.4 is 5.32 Å². The monoisotopic (exact) mass is 428 g/mol. The van der Waals surface area contributed by atoms with Crippen LogP contribution in [-0.4, -0.2) is 50.3 Å². The maximum absolute atomic E-state index is 11.2. The Morgan fingerprint density at radius 1 is 1.22 bits per heavy atom. The van der Waals surface area contributed by atoms with E-state index in [1.54, 1.807) is 18.2 Å². The quantitative estimate of drug-likeness (QED) is 0.584. The largest absolute Gasteiger partial charge is 0.507 e. The average molecular weight is 429 g/mol. The topological polar surface area (TPSA) is 98.6 Å². The van der Waals surface area contributed by atoms with Crippen LogP contribution in [0, 0.1) is 0 Å². The molecule has 1 aliphatic rings. The van der Waals surface area contributed by atoms with Crippen LogP contribution in [0.15, 0.2) is 46.9 Å². The SMILES string of the molecule is O=C(O)N1CCC(Nc2nc(-c3ccccc3O)nc3cc(Br)ccc23)C1. The van der Waals surface area contributed by atoms with Crippen molar-refractivity contribution in [3.63, 3.8) is 0 Å². The third kappa shape index (κ3) is 3.52. The Kier molecular flexibility index (Phi) is 4.57. The minimum Gasteiger partial charge on any atom is -0.507 e. The van der Waals surface area contributed by atoms with Crippen molar-refractivity contribution < 1.29 is 15.0 Å². The number of aromatic hydroxyl groups is 1. The number of hydrogen-bond donors (Lipinski definition) is 3. The van der Waals surface area contributed by atoms with E-state index in [4.69, 9.17) is 5.11 Å². The summed E-state index contributed by atoms with van der Waals surface area (Å²) < 4.78 is 0.890. The summed E-state index contributed by atoms with van der Waals surface area (Å²) in [5, 5.41) is 23.5. The molecule has 4 rings (SSSR count). The highest BCUT2D eigenvalue weighted by molar-refractivity contribution is 9.10. The minimum absolute atomic E-state index is 0.0277. The molecule has 1 atom stereocenters. The Morgan fingerprint density at radius 2 is 2.04 bits per heavy atom. The molecule has 2 heterocycles. The number of para-hydroxylation sites is 1. The Labute approximate surface area is 163 Å². The average Bonchev–Trinajstić information content (AvgIpc) is 3.10. The van der Waals surface area contributed by atoms with E-state index in [2.05, 4.69) is 31.2 Å². The number of halogens is 1. The number of carboxylic acid groups (broad SMARTS) is 1. The van der Waals surface area contributed by atoms with Crippen molar-refractivity contribution in [3.8, 4) is 17.1 Å². The van der Waals surface area contributed by atoms with Gasteiger partial charge in [-0.05, 0) is 36.8 Å². The predicted molar refractivity (Wildman–Crippen MR) is 106 cm³/mol. The first-order chi connectivity index (χ1) is 13.0. The van der Waals surface area contributed by atoms with Gasteiger partial charge in [-0.15, -0.1) is 0 Å². The van der Waals surface area contributed by atoms with Crippen molar-refractivity contribution in [3.05, 3.63) is 46.9 Å². The highest BCUT2D eigenvalue weighted by Crippen LogP contribution is 2.31. The number of likely N-dealkylation sites (tertiary alicyclic amines) is 1. The van der Waals surface area contributed by atoms with Crippen LogP contribution in [-0.2, 0) is 0 Å². The number of phenols is 1. The molecule has 7 nitrogen and oxygen atoms in total. The Morgan fingerprint density at radius 3 is 2.78 bits per heavy atom. The Balaban J connectivity index is 1.77. The van der Waals surface area contributed by atoms with Gasteiger partial charge in [0.25, 0.3) is 0 Å². The molecule has 1 aromatic heterocycles. The number of fused-ring (bicyclic) bond motifs is 1. The third-order valence-corrected chi connectivity index (χ3v) is 5.10. The molecule has 0 spiro atoms. The van der Waals surface area contributed by atoms with E-state index in [1.807, 2.05) is 24.3 Å². The van der Waals surface area contributed by atoms with Gasteiger partial charge in [0.1, 0.15) is 11.6 Å². The summed E-state index contributed by atoms with van der Waals surface area (Å²) in [6.45, 7) is 0.900. The smallest absolute Gasteiger partial charge is 0.407 e. The lowest BCUT2D eigenvalue weighted by atomic mass is 10.1. The van der Waals surface area contributed by atoms with E-state index in [0.29, 0.717) is 36.7 Å². The van der Waals surface area contributed by atoms with E-state index in [-0.39, 0.29) is 11.8 Å². The zero-order chi connectivity index (χ0) is 19.0. The van der Waals surface area contributed by atoms with Crippen molar-refractivity contribution >= 4 is 38.7 Å². The van der Waals surface area contributed by atoms with Gasteiger partial charge < -0.3 is 20.4 Å². The summed E-state index contributed by atoms with van der Waals surface area (Å²) in [5.41, 5.74) is 1.27. The normalized spacial score (nSPS) is 16.6. The van der Waals surface area contributed by atoms with Crippen molar-refractivity contribution in [2.75, 3.05) is 18.4 Å². The second kappa shape index (κ2) is 7.03. The van der Waals surface area contributed by atoms with E-state index in [0.717, 1.165) is 15.4 Å². The number of hydrogen-bond acceptors (Lipinski definition) is 5. The maximum atomic E-state index is 11.2. The molecule has 1 amide bonds. The van der Waals surface area contributed by atoms with Gasteiger partial charge >= 0.3 is 6.09 Å². The summed E-state index contributed by atoms with van der Waals surface area (Å²) in [6, 6.07) is 12.6. The molecule has 27 heavy (non-hydrogen) atoms. The van der Waals surface area contributed by atoms with Gasteiger partial charge in [-0.25, -0.2) is 14.8 Å². The molecule has 0 bridgehead atoms. The molecular formula is C19H17BrN4O3. The molecule has 138 valence electrons. The second-order valence-electron chi connectivity index (χ2n) is 6.43. The zero-order valence-corrected chi connectivity index (χ0v) is 15.8. The van der Waals surface area contributed by atoms with Crippen LogP contribution in [0.4, 0.5) is 10.6 Å². The third-order valence-electron chi connectivity index (χ3n) is 4.60. The van der Waals surface area contributed by atoms with Crippen LogP contribution in [0.1, 0.15) is 6.42 Å². The highest BCUT2D eigenvalue weighted by atomic mass is 79.9. The fourth-order valence-electron chi connectivity index (χ4n) is 3.24. The summed E-state index contributed by atoms with van der Waals surface area (Å²) in [5.74, 6) is 1.15. The van der Waals surface area contributed by atoms with Gasteiger partial charge in [0.15, 0.2) is 5.82 Å². The lowest BCUT2D eigenvalue weighted by molar-refractivity contribution is 0.155. The molecule has 8 heteroatoms. The molecule has 0 saturated carbocycles. The fraction of sp³-hybridized carbons (Fsp3) is 0.211. The second-order valence-corrected chi connectivity index (χ2v) is 7.35. The number of benzene rings is 2. The molecule has 1 saturated heterocycles. The first-order valence-electron chi connectivity index (χ1n) is 8.51. The predicted octanol–water partition coefficient (Wildman–Crippen LogP) is 3.93. The van der Waals surface area contributed by atoms with Gasteiger partial charge in [-0.3, -0.25) is 0 Å². The zero-order valence-electron chi connectivity index (χ0n) is 14.3. The Bertz CT molecular complexity index is 1030. The van der Waals surface area contributed by atoms with Crippen LogP contribution >= 0.6 is 15.9 Å². The maximum Gasteiger partial charge on any atom is 0.407 e. The molecule has 2 aromatic carbocycles. The summed E-state index contributed by atoms with van der Waals surface area (Å²) >= 11 is 3.46. The molecule has 3 aromatic rings. The van der Waals surface area contributed by atoms with Gasteiger partial charge in [0, 0.05) is 29.0 Å². The number of phenolic OH excluding ortho intramolecular Hbond substituents is 1. The van der Waals surface area contributed by atoms with Gasteiger partial charge in [0.2, 0.25) is 0 Å². The number of anilines is 1. The van der Waals surface area contributed by atoms with Gasteiger partial charge in [-0.2, -0.15) is 0 Å². The van der Waals surface area contributed by atoms with Crippen LogP contribution in [0.25, 0.3) is 22.3 Å². The van der Waals surface area contributed by atoms with Crippen LogP contribution in [0.5, 0.6) is 5.75 Å². The van der Waals surface area contributed by atoms with E-state index in [9.17, 15) is 9.90 Å². The standard InChI is InChI=1S/C19H17BrN4O3/c20-11-5-6-13-15(9-11)22-18(14-3-1-2-4-16(14)25)23-17(13)21-12-7-8-24(10-12)19(26)27/h1-6,9,12,25H,7-8,10H2,(H,26,27)(H,21,22,23). The van der Waals surface area contributed by atoms with Crippen molar-refractivity contribution in [1.29, 1.82) is 0 Å². The first-order valence-corrected chi connectivity index (χ1v) is 9.30. The highest BCUT2D eigenvalue weighted by Gasteiger charge is 2.26. The Hall–Kier alpha value is -2.87. The number of aromatic nitrogens is 2. The molecule has 0 radical (unpaired) electrons. The molecule has 1 unspecified atom stereocenters. The number of nitrogens with zero attached hydrogens (tertiary/aromatic N) is 3. The lowest BCUT2D eigenvalue weighted by Crippen LogP contribution is -2.30. The van der Waals surface area contributed by atoms with E-state index < -0.39 is 6.09 Å². The van der Waals surface area contributed by atoms with E-state index in [1.165, 1.54) is 4.90 Å². The summed E-state index contributed by atoms with van der Waals surface area (Å²) in [7, 11) is 0. The van der Waals surface area contributed by atoms with Crippen LogP contribution in [0.2, 0.25) is 0 Å². The summed E-state index contributed by atoms with van der Waals surface area (Å²) in [6.07, 6.45) is -0.203. The van der Waals surface area contributed by atoms with Gasteiger partial charge in [0.05, 0.1) is 11.1 Å². The molecule has 3 N–H and O–H groups in total. The number of amides is 1. The molecule has 1 aliphatic heterocycles.